The minimum absolute atomic E-state index is 0. The van der Waals surface area contributed by atoms with Crippen LogP contribution in [0.2, 0.25) is 0 Å². The minimum Gasteiger partial charge on any atom is -0.497 e. The van der Waals surface area contributed by atoms with Crippen LogP contribution in [0.3, 0.4) is 0 Å². The van der Waals surface area contributed by atoms with Gasteiger partial charge in [0.2, 0.25) is 5.91 Å². The van der Waals surface area contributed by atoms with Crippen LogP contribution in [0.4, 0.5) is 0 Å². The molecule has 0 radical (unpaired) electrons. The summed E-state index contributed by atoms with van der Waals surface area (Å²) in [6.07, 6.45) is 3.90. The summed E-state index contributed by atoms with van der Waals surface area (Å²) in [6, 6.07) is 7.46. The van der Waals surface area contributed by atoms with E-state index in [0.717, 1.165) is 31.0 Å². The molecule has 0 bridgehead atoms. The molecule has 6 heteroatoms. The van der Waals surface area contributed by atoms with E-state index in [9.17, 15) is 4.79 Å². The summed E-state index contributed by atoms with van der Waals surface area (Å²) in [7, 11) is 1.64. The Kier molecular flexibility index (Phi) is 9.57. The number of amides is 1. The molecule has 0 aromatic heterocycles. The summed E-state index contributed by atoms with van der Waals surface area (Å²) in [5, 5.41) is 6.31. The van der Waals surface area contributed by atoms with Gasteiger partial charge in [0.05, 0.1) is 13.7 Å². The van der Waals surface area contributed by atoms with Crippen molar-refractivity contribution in [1.82, 2.24) is 10.6 Å². The highest BCUT2D eigenvalue weighted by molar-refractivity contribution is 5.85. The number of hydrogen-bond acceptors (Lipinski definition) is 4. The highest BCUT2D eigenvalue weighted by atomic mass is 35.5. The Labute approximate surface area is 150 Å². The van der Waals surface area contributed by atoms with Crippen molar-refractivity contribution in [3.63, 3.8) is 0 Å². The molecule has 1 saturated heterocycles. The number of halogens is 1. The van der Waals surface area contributed by atoms with Crippen LogP contribution >= 0.6 is 12.4 Å². The second kappa shape index (κ2) is 11.2. The molecule has 5 nitrogen and oxygen atoms in total. The van der Waals surface area contributed by atoms with Crippen LogP contribution in [0.1, 0.15) is 32.6 Å². The molecule has 0 spiro atoms. The van der Waals surface area contributed by atoms with Crippen molar-refractivity contribution in [2.45, 2.75) is 38.7 Å². The van der Waals surface area contributed by atoms with Crippen molar-refractivity contribution in [2.75, 3.05) is 26.7 Å². The number of carbonyl (C=O) groups is 1. The van der Waals surface area contributed by atoms with Crippen LogP contribution in [0.15, 0.2) is 24.3 Å². The molecule has 136 valence electrons. The predicted octanol–water partition coefficient (Wildman–Crippen LogP) is 2.78. The van der Waals surface area contributed by atoms with E-state index >= 15 is 0 Å². The molecule has 1 aromatic carbocycles. The van der Waals surface area contributed by atoms with Gasteiger partial charge in [-0.1, -0.05) is 0 Å². The number of nitrogens with one attached hydrogen (secondary N) is 2. The van der Waals surface area contributed by atoms with Crippen LogP contribution in [0, 0.1) is 5.92 Å². The molecule has 1 heterocycles. The number of methoxy groups -OCH3 is 1. The van der Waals surface area contributed by atoms with Gasteiger partial charge in [-0.3, -0.25) is 4.79 Å². The first-order chi connectivity index (χ1) is 11.2. The molecule has 2 N–H and O–H groups in total. The number of carbonyl (C=O) groups excluding carboxylic acids is 1. The zero-order chi connectivity index (χ0) is 16.5. The third kappa shape index (κ3) is 7.41. The van der Waals surface area contributed by atoms with E-state index in [2.05, 4.69) is 10.6 Å². The van der Waals surface area contributed by atoms with E-state index in [1.165, 1.54) is 12.8 Å². The van der Waals surface area contributed by atoms with Crippen molar-refractivity contribution in [3.8, 4) is 11.5 Å². The maximum Gasteiger partial charge on any atom is 0.220 e. The number of piperidine rings is 1. The van der Waals surface area contributed by atoms with Gasteiger partial charge in [-0.25, -0.2) is 0 Å². The lowest BCUT2D eigenvalue weighted by atomic mass is 9.93. The van der Waals surface area contributed by atoms with Crippen molar-refractivity contribution >= 4 is 18.3 Å². The fourth-order valence-corrected chi connectivity index (χ4v) is 2.78. The zero-order valence-electron chi connectivity index (χ0n) is 14.5. The SMILES string of the molecule is COc1ccc(OC(C)CNC(=O)CCC2CCNCC2)cc1.Cl. The van der Waals surface area contributed by atoms with Gasteiger partial charge in [0.1, 0.15) is 17.6 Å². The maximum absolute atomic E-state index is 11.9. The van der Waals surface area contributed by atoms with Gasteiger partial charge in [0.25, 0.3) is 0 Å². The standard InChI is InChI=1S/C18H28N2O3.ClH/c1-14(23-17-6-4-16(22-2)5-7-17)13-20-18(21)8-3-15-9-11-19-12-10-15;/h4-7,14-15,19H,3,8-13H2,1-2H3,(H,20,21);1H. The van der Waals surface area contributed by atoms with Gasteiger partial charge in [0.15, 0.2) is 0 Å². The average Bonchev–Trinajstić information content (AvgIpc) is 2.60. The Bertz CT molecular complexity index is 476. The largest absolute Gasteiger partial charge is 0.497 e. The Morgan fingerprint density at radius 1 is 1.25 bits per heavy atom. The van der Waals surface area contributed by atoms with Gasteiger partial charge in [-0.15, -0.1) is 12.4 Å². The molecular weight excluding hydrogens is 328 g/mol. The molecule has 0 aliphatic carbocycles. The molecule has 1 unspecified atom stereocenters. The third-order valence-electron chi connectivity index (χ3n) is 4.22. The Morgan fingerprint density at radius 2 is 1.88 bits per heavy atom. The lowest BCUT2D eigenvalue weighted by molar-refractivity contribution is -0.121. The van der Waals surface area contributed by atoms with Crippen LogP contribution in [-0.4, -0.2) is 38.8 Å². The molecular formula is C18H29ClN2O3. The molecule has 0 saturated carbocycles. The number of rotatable bonds is 8. The lowest BCUT2D eigenvalue weighted by Crippen LogP contribution is -2.34. The predicted molar refractivity (Wildman–Crippen MR) is 98.2 cm³/mol. The number of hydrogen-bond donors (Lipinski definition) is 2. The topological polar surface area (TPSA) is 59.6 Å². The average molecular weight is 357 g/mol. The summed E-state index contributed by atoms with van der Waals surface area (Å²) in [5.74, 6) is 2.39. The lowest BCUT2D eigenvalue weighted by Gasteiger charge is -2.22. The fourth-order valence-electron chi connectivity index (χ4n) is 2.78. The number of benzene rings is 1. The van der Waals surface area contributed by atoms with Crippen molar-refractivity contribution in [1.29, 1.82) is 0 Å². The molecule has 2 rings (SSSR count). The first kappa shape index (κ1) is 20.6. The third-order valence-corrected chi connectivity index (χ3v) is 4.22. The van der Waals surface area contributed by atoms with Gasteiger partial charge in [-0.05, 0) is 69.5 Å². The van der Waals surface area contributed by atoms with Gasteiger partial charge >= 0.3 is 0 Å². The van der Waals surface area contributed by atoms with E-state index in [-0.39, 0.29) is 24.4 Å². The van der Waals surface area contributed by atoms with Crippen LogP contribution in [0.25, 0.3) is 0 Å². The molecule has 1 aliphatic heterocycles. The zero-order valence-corrected chi connectivity index (χ0v) is 15.4. The van der Waals surface area contributed by atoms with E-state index < -0.39 is 0 Å². The van der Waals surface area contributed by atoms with Crippen molar-refractivity contribution < 1.29 is 14.3 Å². The van der Waals surface area contributed by atoms with E-state index in [4.69, 9.17) is 9.47 Å². The van der Waals surface area contributed by atoms with Crippen molar-refractivity contribution in [3.05, 3.63) is 24.3 Å². The summed E-state index contributed by atoms with van der Waals surface area (Å²) >= 11 is 0. The molecule has 24 heavy (non-hydrogen) atoms. The van der Waals surface area contributed by atoms with Crippen molar-refractivity contribution in [2.24, 2.45) is 5.92 Å². The molecule has 1 aliphatic rings. The smallest absolute Gasteiger partial charge is 0.220 e. The normalized spacial score (nSPS) is 15.9. The quantitative estimate of drug-likeness (QED) is 0.752. The first-order valence-corrected chi connectivity index (χ1v) is 8.45. The van der Waals surface area contributed by atoms with E-state index in [1.807, 2.05) is 31.2 Å². The highest BCUT2D eigenvalue weighted by Crippen LogP contribution is 2.18. The Balaban J connectivity index is 0.00000288. The molecule has 1 fully saturated rings. The number of ether oxygens (including phenoxy) is 2. The Morgan fingerprint density at radius 3 is 2.50 bits per heavy atom. The second-order valence-corrected chi connectivity index (χ2v) is 6.14. The first-order valence-electron chi connectivity index (χ1n) is 8.45. The second-order valence-electron chi connectivity index (χ2n) is 6.14. The Hall–Kier alpha value is -1.46. The maximum atomic E-state index is 11.9. The summed E-state index contributed by atoms with van der Waals surface area (Å²) in [6.45, 7) is 4.65. The summed E-state index contributed by atoms with van der Waals surface area (Å²) < 4.78 is 10.9. The van der Waals surface area contributed by atoms with Gasteiger partial charge in [0, 0.05) is 6.42 Å². The fraction of sp³-hybridized carbons (Fsp3) is 0.611. The van der Waals surface area contributed by atoms with Crippen LogP contribution < -0.4 is 20.1 Å². The van der Waals surface area contributed by atoms with Gasteiger partial charge < -0.3 is 20.1 Å². The molecule has 1 amide bonds. The molecule has 1 aromatic rings. The minimum atomic E-state index is -0.0637. The van der Waals surface area contributed by atoms with Crippen LogP contribution in [0.5, 0.6) is 11.5 Å². The monoisotopic (exact) mass is 356 g/mol. The highest BCUT2D eigenvalue weighted by Gasteiger charge is 2.15. The molecule has 1 atom stereocenters. The summed E-state index contributed by atoms with van der Waals surface area (Å²) in [5.41, 5.74) is 0. The van der Waals surface area contributed by atoms with Crippen LogP contribution in [-0.2, 0) is 4.79 Å². The van der Waals surface area contributed by atoms with E-state index in [1.54, 1.807) is 7.11 Å². The van der Waals surface area contributed by atoms with Gasteiger partial charge in [-0.2, -0.15) is 0 Å². The summed E-state index contributed by atoms with van der Waals surface area (Å²) in [4.78, 5) is 11.9. The van der Waals surface area contributed by atoms with E-state index in [0.29, 0.717) is 18.9 Å².